The van der Waals surface area contributed by atoms with E-state index in [1.165, 1.54) is 4.68 Å². The van der Waals surface area contributed by atoms with Crippen LogP contribution in [-0.2, 0) is 0 Å². The monoisotopic (exact) mass is 254 g/mol. The Morgan fingerprint density at radius 3 is 2.38 bits per heavy atom. The molecule has 0 unspecified atom stereocenters. The molecule has 1 aromatic carbocycles. The molecule has 0 saturated heterocycles. The van der Waals surface area contributed by atoms with Crippen molar-refractivity contribution < 1.29 is 4.79 Å². The quantitative estimate of drug-likeness (QED) is 0.771. The molecule has 0 N–H and O–H groups in total. The van der Waals surface area contributed by atoms with Gasteiger partial charge in [0.2, 0.25) is 0 Å². The zero-order chi connectivity index (χ0) is 11.7. The van der Waals surface area contributed by atoms with Crippen LogP contribution in [0.25, 0.3) is 5.69 Å². The molecule has 1 aromatic heterocycles. The number of nitrogens with zero attached hydrogens (tertiary/aromatic N) is 2. The van der Waals surface area contributed by atoms with Gasteiger partial charge in [-0.25, -0.2) is 4.68 Å². The van der Waals surface area contributed by atoms with Crippen molar-refractivity contribution in [1.82, 2.24) is 9.78 Å². The van der Waals surface area contributed by atoms with E-state index in [-0.39, 0.29) is 0 Å². The molecule has 1 heterocycles. The van der Waals surface area contributed by atoms with Gasteiger partial charge in [0.1, 0.15) is 5.69 Å². The Bertz CT molecular complexity index is 529. The van der Waals surface area contributed by atoms with Crippen molar-refractivity contribution >= 4 is 29.5 Å². The number of aryl methyl sites for hydroxylation is 1. The molecular formula is C11H8Cl2N2O. The van der Waals surface area contributed by atoms with E-state index in [4.69, 9.17) is 23.2 Å². The lowest BCUT2D eigenvalue weighted by molar-refractivity contribution is 0.111. The summed E-state index contributed by atoms with van der Waals surface area (Å²) in [4.78, 5) is 10.9. The average Bonchev–Trinajstić information content (AvgIpc) is 2.58. The fraction of sp³-hybridized carbons (Fsp3) is 0.0909. The van der Waals surface area contributed by atoms with Gasteiger partial charge in [0, 0.05) is 10.0 Å². The van der Waals surface area contributed by atoms with Gasteiger partial charge in [-0.3, -0.25) is 4.79 Å². The fourth-order valence-corrected chi connectivity index (χ4v) is 1.99. The van der Waals surface area contributed by atoms with Gasteiger partial charge in [-0.05, 0) is 31.2 Å². The van der Waals surface area contributed by atoms with E-state index in [0.29, 0.717) is 21.4 Å². The summed E-state index contributed by atoms with van der Waals surface area (Å²) >= 11 is 11.8. The molecule has 0 spiro atoms. The Morgan fingerprint density at radius 1 is 1.19 bits per heavy atom. The number of hydrogen-bond acceptors (Lipinski definition) is 2. The van der Waals surface area contributed by atoms with Crippen molar-refractivity contribution in [3.8, 4) is 5.69 Å². The molecule has 2 rings (SSSR count). The first-order chi connectivity index (χ1) is 7.60. The summed E-state index contributed by atoms with van der Waals surface area (Å²) in [7, 11) is 0. The first-order valence-electron chi connectivity index (χ1n) is 4.58. The highest BCUT2D eigenvalue weighted by molar-refractivity contribution is 6.34. The third kappa shape index (κ3) is 2.10. The number of rotatable bonds is 2. The molecular weight excluding hydrogens is 247 g/mol. The molecule has 0 aliphatic heterocycles. The summed E-state index contributed by atoms with van der Waals surface area (Å²) in [6, 6.07) is 6.73. The largest absolute Gasteiger partial charge is 0.296 e. The molecule has 0 atom stereocenters. The van der Waals surface area contributed by atoms with Gasteiger partial charge < -0.3 is 0 Å². The van der Waals surface area contributed by atoms with Crippen LogP contribution in [0, 0.1) is 6.92 Å². The van der Waals surface area contributed by atoms with E-state index in [1.807, 2.05) is 6.92 Å². The SMILES string of the molecule is Cc1cc(C=O)n(-c2cc(Cl)cc(Cl)c2)n1. The highest BCUT2D eigenvalue weighted by atomic mass is 35.5. The van der Waals surface area contributed by atoms with Crippen LogP contribution in [0.2, 0.25) is 10.0 Å². The van der Waals surface area contributed by atoms with Crippen LogP contribution in [0.3, 0.4) is 0 Å². The highest BCUT2D eigenvalue weighted by Gasteiger charge is 2.08. The fourth-order valence-electron chi connectivity index (χ4n) is 1.47. The van der Waals surface area contributed by atoms with Crippen molar-refractivity contribution in [3.05, 3.63) is 45.7 Å². The van der Waals surface area contributed by atoms with Gasteiger partial charge in [-0.1, -0.05) is 23.2 Å². The average molecular weight is 255 g/mol. The Kier molecular flexibility index (Phi) is 2.99. The topological polar surface area (TPSA) is 34.9 Å². The van der Waals surface area contributed by atoms with E-state index in [2.05, 4.69) is 5.10 Å². The summed E-state index contributed by atoms with van der Waals surface area (Å²) in [5.41, 5.74) is 1.90. The van der Waals surface area contributed by atoms with Gasteiger partial charge in [-0.15, -0.1) is 0 Å². The molecule has 0 radical (unpaired) electrons. The number of hydrogen-bond donors (Lipinski definition) is 0. The highest BCUT2D eigenvalue weighted by Crippen LogP contribution is 2.22. The van der Waals surface area contributed by atoms with E-state index < -0.39 is 0 Å². The maximum absolute atomic E-state index is 10.9. The summed E-state index contributed by atoms with van der Waals surface area (Å²) < 4.78 is 1.51. The second-order valence-corrected chi connectivity index (χ2v) is 4.24. The van der Waals surface area contributed by atoms with Crippen molar-refractivity contribution in [2.45, 2.75) is 6.92 Å². The summed E-state index contributed by atoms with van der Waals surface area (Å²) in [5.74, 6) is 0. The van der Waals surface area contributed by atoms with E-state index in [1.54, 1.807) is 24.3 Å². The van der Waals surface area contributed by atoms with E-state index in [0.717, 1.165) is 12.0 Å². The van der Waals surface area contributed by atoms with Gasteiger partial charge >= 0.3 is 0 Å². The molecule has 0 bridgehead atoms. The lowest BCUT2D eigenvalue weighted by Gasteiger charge is -2.04. The third-order valence-corrected chi connectivity index (χ3v) is 2.51. The molecule has 16 heavy (non-hydrogen) atoms. The first kappa shape index (κ1) is 11.2. The van der Waals surface area contributed by atoms with Crippen LogP contribution in [0.4, 0.5) is 0 Å². The van der Waals surface area contributed by atoms with Crippen LogP contribution in [0.15, 0.2) is 24.3 Å². The van der Waals surface area contributed by atoms with Crippen LogP contribution in [0.1, 0.15) is 16.2 Å². The minimum Gasteiger partial charge on any atom is -0.296 e. The van der Waals surface area contributed by atoms with Crippen molar-refractivity contribution in [3.63, 3.8) is 0 Å². The van der Waals surface area contributed by atoms with Crippen LogP contribution in [-0.4, -0.2) is 16.1 Å². The predicted octanol–water partition coefficient (Wildman–Crippen LogP) is 3.30. The number of carbonyl (C=O) groups excluding carboxylic acids is 1. The molecule has 2 aromatic rings. The second kappa shape index (κ2) is 4.28. The number of halogens is 2. The minimum atomic E-state index is 0.468. The Morgan fingerprint density at radius 2 is 1.81 bits per heavy atom. The van der Waals surface area contributed by atoms with Crippen molar-refractivity contribution in [2.24, 2.45) is 0 Å². The molecule has 0 amide bonds. The van der Waals surface area contributed by atoms with E-state index in [9.17, 15) is 4.79 Å². The minimum absolute atomic E-state index is 0.468. The summed E-state index contributed by atoms with van der Waals surface area (Å²) in [5, 5.41) is 5.22. The molecule has 3 nitrogen and oxygen atoms in total. The summed E-state index contributed by atoms with van der Waals surface area (Å²) in [6.07, 6.45) is 0.745. The van der Waals surface area contributed by atoms with Gasteiger partial charge in [0.15, 0.2) is 6.29 Å². The number of aldehydes is 1. The predicted molar refractivity (Wildman–Crippen MR) is 63.7 cm³/mol. The van der Waals surface area contributed by atoms with Crippen molar-refractivity contribution in [2.75, 3.05) is 0 Å². The number of benzene rings is 1. The molecule has 0 aliphatic rings. The van der Waals surface area contributed by atoms with Gasteiger partial charge in [0.25, 0.3) is 0 Å². The smallest absolute Gasteiger partial charge is 0.168 e. The van der Waals surface area contributed by atoms with Gasteiger partial charge in [-0.2, -0.15) is 5.10 Å². The maximum atomic E-state index is 10.9. The zero-order valence-corrected chi connectivity index (χ0v) is 9.96. The molecule has 0 aliphatic carbocycles. The van der Waals surface area contributed by atoms with Crippen LogP contribution < -0.4 is 0 Å². The van der Waals surface area contributed by atoms with Crippen LogP contribution >= 0.6 is 23.2 Å². The second-order valence-electron chi connectivity index (χ2n) is 3.37. The lowest BCUT2D eigenvalue weighted by Crippen LogP contribution is -2.01. The maximum Gasteiger partial charge on any atom is 0.168 e. The summed E-state index contributed by atoms with van der Waals surface area (Å²) in [6.45, 7) is 1.82. The Labute approximate surface area is 103 Å². The molecule has 0 fully saturated rings. The van der Waals surface area contributed by atoms with E-state index >= 15 is 0 Å². The van der Waals surface area contributed by atoms with Crippen LogP contribution in [0.5, 0.6) is 0 Å². The molecule has 82 valence electrons. The van der Waals surface area contributed by atoms with Crippen molar-refractivity contribution in [1.29, 1.82) is 0 Å². The van der Waals surface area contributed by atoms with Gasteiger partial charge in [0.05, 0.1) is 11.4 Å². The Balaban J connectivity index is 2.61. The zero-order valence-electron chi connectivity index (χ0n) is 8.45. The standard InChI is InChI=1S/C11H8Cl2N2O/c1-7-2-11(6-16)15(14-7)10-4-8(12)3-9(13)5-10/h2-6H,1H3. The number of aromatic nitrogens is 2. The normalized spacial score (nSPS) is 10.4. The third-order valence-electron chi connectivity index (χ3n) is 2.07. The lowest BCUT2D eigenvalue weighted by atomic mass is 10.3. The first-order valence-corrected chi connectivity index (χ1v) is 5.34. The molecule has 0 saturated carbocycles. The molecule has 5 heteroatoms. The Hall–Kier alpha value is -1.32. The number of carbonyl (C=O) groups is 1.